The fraction of sp³-hybridized carbons (Fsp3) is 0.391. The number of benzene rings is 1. The Bertz CT molecular complexity index is 731. The number of amides is 1. The molecule has 4 heteroatoms. The van der Waals surface area contributed by atoms with Crippen molar-refractivity contribution in [1.29, 1.82) is 0 Å². The van der Waals surface area contributed by atoms with E-state index in [9.17, 15) is 4.79 Å². The Hall–Kier alpha value is -2.62. The van der Waals surface area contributed by atoms with Gasteiger partial charge in [-0.3, -0.25) is 9.78 Å². The quantitative estimate of drug-likeness (QED) is 0.623. The molecule has 1 aromatic carbocycles. The number of hydrogen-bond donors (Lipinski definition) is 0. The highest BCUT2D eigenvalue weighted by molar-refractivity contribution is 5.84. The average molecular weight is 367 g/mol. The Morgan fingerprint density at radius 1 is 0.963 bits per heavy atom. The molecular formula is C23H30N2O2. The van der Waals surface area contributed by atoms with E-state index in [1.54, 1.807) is 12.4 Å². The van der Waals surface area contributed by atoms with Crippen molar-refractivity contribution in [2.75, 3.05) is 13.1 Å². The highest BCUT2D eigenvalue weighted by Crippen LogP contribution is 2.22. The van der Waals surface area contributed by atoms with Crippen molar-refractivity contribution in [3.63, 3.8) is 0 Å². The number of ether oxygens (including phenoxy) is 1. The normalized spacial score (nSPS) is 11.6. The Labute approximate surface area is 162 Å². The fourth-order valence-corrected chi connectivity index (χ4v) is 2.89. The van der Waals surface area contributed by atoms with Crippen molar-refractivity contribution in [2.24, 2.45) is 0 Å². The highest BCUT2D eigenvalue weighted by atomic mass is 16.5. The molecule has 0 saturated carbocycles. The van der Waals surface area contributed by atoms with Gasteiger partial charge in [0, 0.05) is 25.5 Å². The SMILES string of the molecule is CCCN(CCC)C(=O)C(C)(C)Oc1ccc(/C=C/c2ccncc2)cc1. The zero-order valence-corrected chi connectivity index (χ0v) is 16.8. The van der Waals surface area contributed by atoms with E-state index in [-0.39, 0.29) is 5.91 Å². The minimum absolute atomic E-state index is 0.0351. The van der Waals surface area contributed by atoms with Gasteiger partial charge in [0.2, 0.25) is 0 Å². The molecule has 4 nitrogen and oxygen atoms in total. The largest absolute Gasteiger partial charge is 0.478 e. The molecule has 0 radical (unpaired) electrons. The van der Waals surface area contributed by atoms with Crippen LogP contribution in [0.25, 0.3) is 12.2 Å². The molecule has 144 valence electrons. The maximum atomic E-state index is 12.9. The van der Waals surface area contributed by atoms with Crippen molar-refractivity contribution in [3.8, 4) is 5.75 Å². The van der Waals surface area contributed by atoms with Gasteiger partial charge in [0.05, 0.1) is 0 Å². The predicted octanol–water partition coefficient (Wildman–Crippen LogP) is 5.06. The van der Waals surface area contributed by atoms with Crippen LogP contribution in [0.3, 0.4) is 0 Å². The molecule has 1 heterocycles. The molecule has 0 aliphatic rings. The zero-order valence-electron chi connectivity index (χ0n) is 16.8. The minimum Gasteiger partial charge on any atom is -0.478 e. The zero-order chi connectivity index (χ0) is 19.7. The third-order valence-corrected chi connectivity index (χ3v) is 4.22. The van der Waals surface area contributed by atoms with Crippen molar-refractivity contribution < 1.29 is 9.53 Å². The first-order valence-electron chi connectivity index (χ1n) is 9.63. The number of rotatable bonds is 9. The van der Waals surface area contributed by atoms with Crippen molar-refractivity contribution in [2.45, 2.75) is 46.1 Å². The molecule has 0 N–H and O–H groups in total. The molecule has 0 unspecified atom stereocenters. The standard InChI is InChI=1S/C23H30N2O2/c1-5-17-25(18-6-2)22(26)23(3,4)27-21-11-9-19(10-12-21)7-8-20-13-15-24-16-14-20/h7-16H,5-6,17-18H2,1-4H3/b8-7+. The van der Waals surface area contributed by atoms with E-state index in [0.717, 1.165) is 37.1 Å². The molecule has 27 heavy (non-hydrogen) atoms. The van der Waals surface area contributed by atoms with Crippen LogP contribution < -0.4 is 4.74 Å². The van der Waals surface area contributed by atoms with E-state index in [1.807, 2.05) is 67.3 Å². The molecule has 2 rings (SSSR count). The molecule has 2 aromatic rings. The number of hydrogen-bond acceptors (Lipinski definition) is 3. The Kier molecular flexibility index (Phi) is 7.59. The first-order valence-corrected chi connectivity index (χ1v) is 9.63. The van der Waals surface area contributed by atoms with Crippen LogP contribution in [0.1, 0.15) is 51.7 Å². The summed E-state index contributed by atoms with van der Waals surface area (Å²) in [6.45, 7) is 9.37. The van der Waals surface area contributed by atoms with Gasteiger partial charge in [-0.05, 0) is 62.1 Å². The van der Waals surface area contributed by atoms with E-state index < -0.39 is 5.60 Å². The van der Waals surface area contributed by atoms with E-state index in [1.165, 1.54) is 0 Å². The van der Waals surface area contributed by atoms with E-state index >= 15 is 0 Å². The monoisotopic (exact) mass is 366 g/mol. The van der Waals surface area contributed by atoms with Crippen LogP contribution in [0.2, 0.25) is 0 Å². The molecule has 0 aliphatic carbocycles. The Morgan fingerprint density at radius 3 is 2.00 bits per heavy atom. The van der Waals surface area contributed by atoms with Gasteiger partial charge >= 0.3 is 0 Å². The van der Waals surface area contributed by atoms with Gasteiger partial charge in [-0.25, -0.2) is 0 Å². The lowest BCUT2D eigenvalue weighted by atomic mass is 10.1. The second kappa shape index (κ2) is 9.91. The first kappa shape index (κ1) is 20.7. The molecule has 1 aromatic heterocycles. The second-order valence-corrected chi connectivity index (χ2v) is 7.09. The van der Waals surface area contributed by atoms with Crippen LogP contribution in [-0.2, 0) is 4.79 Å². The molecular weight excluding hydrogens is 336 g/mol. The number of carbonyl (C=O) groups excluding carboxylic acids is 1. The van der Waals surface area contributed by atoms with Crippen LogP contribution in [0, 0.1) is 0 Å². The summed E-state index contributed by atoms with van der Waals surface area (Å²) in [7, 11) is 0. The van der Waals surface area contributed by atoms with Crippen LogP contribution >= 0.6 is 0 Å². The Balaban J connectivity index is 2.03. The van der Waals surface area contributed by atoms with Gasteiger partial charge in [-0.2, -0.15) is 0 Å². The summed E-state index contributed by atoms with van der Waals surface area (Å²) < 4.78 is 6.03. The number of nitrogens with zero attached hydrogens (tertiary/aromatic N) is 2. The van der Waals surface area contributed by atoms with Crippen molar-refractivity contribution in [3.05, 3.63) is 59.9 Å². The summed E-state index contributed by atoms with van der Waals surface area (Å²) >= 11 is 0. The van der Waals surface area contributed by atoms with Crippen molar-refractivity contribution >= 4 is 18.1 Å². The molecule has 1 amide bonds. The third kappa shape index (κ3) is 6.24. The molecule has 0 fully saturated rings. The summed E-state index contributed by atoms with van der Waals surface area (Å²) in [4.78, 5) is 18.8. The smallest absolute Gasteiger partial charge is 0.266 e. The topological polar surface area (TPSA) is 42.4 Å². The molecule has 0 bridgehead atoms. The van der Waals surface area contributed by atoms with Crippen molar-refractivity contribution in [1.82, 2.24) is 9.88 Å². The maximum absolute atomic E-state index is 12.9. The lowest BCUT2D eigenvalue weighted by molar-refractivity contribution is -0.145. The Morgan fingerprint density at radius 2 is 1.48 bits per heavy atom. The van der Waals surface area contributed by atoms with Gasteiger partial charge in [-0.1, -0.05) is 38.1 Å². The molecule has 0 saturated heterocycles. The summed E-state index contributed by atoms with van der Waals surface area (Å²) in [6.07, 6.45) is 9.52. The summed E-state index contributed by atoms with van der Waals surface area (Å²) in [5, 5.41) is 0. The number of aromatic nitrogens is 1. The van der Waals surface area contributed by atoms with Gasteiger partial charge in [0.25, 0.3) is 5.91 Å². The van der Waals surface area contributed by atoms with Gasteiger partial charge in [-0.15, -0.1) is 0 Å². The van der Waals surface area contributed by atoms with E-state index in [0.29, 0.717) is 5.75 Å². The molecule has 0 spiro atoms. The van der Waals surface area contributed by atoms with Crippen LogP contribution in [0.4, 0.5) is 0 Å². The van der Waals surface area contributed by atoms with Crippen LogP contribution in [0.5, 0.6) is 5.75 Å². The summed E-state index contributed by atoms with van der Waals surface area (Å²) in [6, 6.07) is 11.7. The average Bonchev–Trinajstić information content (AvgIpc) is 2.67. The lowest BCUT2D eigenvalue weighted by Gasteiger charge is -2.32. The molecule has 0 atom stereocenters. The molecule has 0 aliphatic heterocycles. The summed E-state index contributed by atoms with van der Waals surface area (Å²) in [5.74, 6) is 0.732. The fourth-order valence-electron chi connectivity index (χ4n) is 2.89. The van der Waals surface area contributed by atoms with E-state index in [2.05, 4.69) is 18.8 Å². The van der Waals surface area contributed by atoms with Gasteiger partial charge < -0.3 is 9.64 Å². The lowest BCUT2D eigenvalue weighted by Crippen LogP contribution is -2.49. The van der Waals surface area contributed by atoms with Crippen LogP contribution in [0.15, 0.2) is 48.8 Å². The van der Waals surface area contributed by atoms with Gasteiger partial charge in [0.15, 0.2) is 5.60 Å². The van der Waals surface area contributed by atoms with Gasteiger partial charge in [0.1, 0.15) is 5.75 Å². The third-order valence-electron chi connectivity index (χ3n) is 4.22. The highest BCUT2D eigenvalue weighted by Gasteiger charge is 2.33. The van der Waals surface area contributed by atoms with E-state index in [4.69, 9.17) is 4.74 Å². The maximum Gasteiger partial charge on any atom is 0.266 e. The summed E-state index contributed by atoms with van der Waals surface area (Å²) in [5.41, 5.74) is 1.28. The second-order valence-electron chi connectivity index (χ2n) is 7.09. The van der Waals surface area contributed by atoms with Crippen LogP contribution in [-0.4, -0.2) is 34.5 Å². The number of carbonyl (C=O) groups is 1. The number of pyridine rings is 1. The first-order chi connectivity index (χ1) is 13.0. The predicted molar refractivity (Wildman–Crippen MR) is 111 cm³/mol. The minimum atomic E-state index is -0.890.